The number of nitrogens with zero attached hydrogens (tertiary/aromatic N) is 2. The van der Waals surface area contributed by atoms with Crippen LogP contribution in [0.1, 0.15) is 18.9 Å². The number of ether oxygens (including phenoxy) is 1. The summed E-state index contributed by atoms with van der Waals surface area (Å²) in [5.74, 6) is 0.588. The summed E-state index contributed by atoms with van der Waals surface area (Å²) in [6, 6.07) is 3.71. The molecule has 2 unspecified atom stereocenters. The molecule has 0 radical (unpaired) electrons. The number of hydrogen-bond acceptors (Lipinski definition) is 4. The number of hydrogen-bond donors (Lipinski definition) is 0. The third-order valence-electron chi connectivity index (χ3n) is 2.48. The van der Waals surface area contributed by atoms with Crippen molar-refractivity contribution >= 4 is 17.3 Å². The molecule has 86 valence electrons. The van der Waals surface area contributed by atoms with Crippen LogP contribution in [0.25, 0.3) is 0 Å². The molecule has 5 heteroatoms. The Morgan fingerprint density at radius 3 is 2.88 bits per heavy atom. The Bertz CT molecular complexity index is 389. The van der Waals surface area contributed by atoms with Crippen LogP contribution in [0.2, 0.25) is 0 Å². The van der Waals surface area contributed by atoms with E-state index in [1.807, 2.05) is 13.0 Å². The fourth-order valence-electron chi connectivity index (χ4n) is 1.48. The average Bonchev–Trinajstić information content (AvgIpc) is 2.78. The largest absolute Gasteiger partial charge is 0.481 e. The van der Waals surface area contributed by atoms with Gasteiger partial charge in [0.1, 0.15) is 6.10 Å². The van der Waals surface area contributed by atoms with Crippen molar-refractivity contribution in [1.29, 1.82) is 0 Å². The van der Waals surface area contributed by atoms with Crippen LogP contribution in [-0.2, 0) is 4.84 Å². The Morgan fingerprint density at radius 1 is 1.56 bits per heavy atom. The van der Waals surface area contributed by atoms with Gasteiger partial charge in [-0.25, -0.2) is 4.98 Å². The van der Waals surface area contributed by atoms with Crippen molar-refractivity contribution in [2.75, 3.05) is 7.11 Å². The molecule has 0 aliphatic carbocycles. The Morgan fingerprint density at radius 2 is 2.38 bits per heavy atom. The molecule has 1 aromatic rings. The minimum atomic E-state index is -0.0487. The van der Waals surface area contributed by atoms with E-state index in [0.717, 1.165) is 17.7 Å². The Kier molecular flexibility index (Phi) is 3.29. The first-order valence-electron chi connectivity index (χ1n) is 5.08. The summed E-state index contributed by atoms with van der Waals surface area (Å²) in [7, 11) is 1.59. The number of rotatable bonds is 3. The van der Waals surface area contributed by atoms with Gasteiger partial charge >= 0.3 is 0 Å². The molecule has 0 fully saturated rings. The molecule has 0 amide bonds. The summed E-state index contributed by atoms with van der Waals surface area (Å²) in [4.78, 5) is 9.36. The molecule has 1 aliphatic rings. The topological polar surface area (TPSA) is 43.7 Å². The average molecular weight is 241 g/mol. The van der Waals surface area contributed by atoms with Crippen molar-refractivity contribution in [2.24, 2.45) is 5.16 Å². The maximum absolute atomic E-state index is 5.95. The minimum Gasteiger partial charge on any atom is -0.481 e. The van der Waals surface area contributed by atoms with Gasteiger partial charge in [0.2, 0.25) is 5.88 Å². The minimum absolute atomic E-state index is 0.0428. The zero-order valence-electron chi connectivity index (χ0n) is 9.18. The highest BCUT2D eigenvalue weighted by molar-refractivity contribution is 6.21. The molecule has 0 saturated carbocycles. The van der Waals surface area contributed by atoms with Gasteiger partial charge in [-0.3, -0.25) is 0 Å². The third kappa shape index (κ3) is 2.27. The van der Waals surface area contributed by atoms with E-state index in [2.05, 4.69) is 10.1 Å². The summed E-state index contributed by atoms with van der Waals surface area (Å²) in [6.07, 6.45) is 2.40. The zero-order chi connectivity index (χ0) is 11.5. The van der Waals surface area contributed by atoms with Crippen molar-refractivity contribution in [3.63, 3.8) is 0 Å². The molecule has 2 atom stereocenters. The van der Waals surface area contributed by atoms with Crippen LogP contribution >= 0.6 is 11.6 Å². The lowest BCUT2D eigenvalue weighted by atomic mass is 10.1. The van der Waals surface area contributed by atoms with E-state index in [4.69, 9.17) is 21.2 Å². The molecular formula is C11H13ClN2O2. The third-order valence-corrected chi connectivity index (χ3v) is 2.76. The summed E-state index contributed by atoms with van der Waals surface area (Å²) < 4.78 is 4.99. The molecule has 16 heavy (non-hydrogen) atoms. The smallest absolute Gasteiger partial charge is 0.212 e. The maximum Gasteiger partial charge on any atom is 0.212 e. The fraction of sp³-hybridized carbons (Fsp3) is 0.455. The number of methoxy groups -OCH3 is 1. The van der Waals surface area contributed by atoms with Gasteiger partial charge < -0.3 is 9.57 Å². The molecule has 1 aliphatic heterocycles. The number of pyridine rings is 1. The van der Waals surface area contributed by atoms with Crippen LogP contribution in [0.3, 0.4) is 0 Å². The van der Waals surface area contributed by atoms with Crippen LogP contribution in [-0.4, -0.2) is 29.3 Å². The van der Waals surface area contributed by atoms with Crippen LogP contribution < -0.4 is 4.74 Å². The van der Waals surface area contributed by atoms with Gasteiger partial charge in [0, 0.05) is 24.2 Å². The normalized spacial score (nSPS) is 21.2. The van der Waals surface area contributed by atoms with Gasteiger partial charge in [-0.1, -0.05) is 5.16 Å². The molecule has 0 spiro atoms. The molecule has 0 bridgehead atoms. The SMILES string of the molecule is COc1ccc(C2=NOC(C(C)Cl)C2)cn1. The fourth-order valence-corrected chi connectivity index (χ4v) is 1.62. The first-order chi connectivity index (χ1) is 7.70. The number of halogens is 1. The second-order valence-corrected chi connectivity index (χ2v) is 4.34. The molecule has 1 aromatic heterocycles. The second-order valence-electron chi connectivity index (χ2n) is 3.65. The van der Waals surface area contributed by atoms with Gasteiger partial charge in [0.15, 0.2) is 0 Å². The van der Waals surface area contributed by atoms with E-state index in [1.165, 1.54) is 0 Å². The van der Waals surface area contributed by atoms with Crippen LogP contribution in [0.5, 0.6) is 5.88 Å². The second kappa shape index (κ2) is 4.70. The van der Waals surface area contributed by atoms with Crippen LogP contribution in [0, 0.1) is 0 Å². The maximum atomic E-state index is 5.95. The lowest BCUT2D eigenvalue weighted by Crippen LogP contribution is -2.18. The molecule has 2 rings (SSSR count). The highest BCUT2D eigenvalue weighted by Gasteiger charge is 2.26. The van der Waals surface area contributed by atoms with Gasteiger partial charge in [-0.2, -0.15) is 0 Å². The van der Waals surface area contributed by atoms with Gasteiger partial charge in [0.25, 0.3) is 0 Å². The first-order valence-corrected chi connectivity index (χ1v) is 5.51. The van der Waals surface area contributed by atoms with Crippen molar-refractivity contribution in [3.05, 3.63) is 23.9 Å². The molecular weight excluding hydrogens is 228 g/mol. The van der Waals surface area contributed by atoms with E-state index < -0.39 is 0 Å². The number of alkyl halides is 1. The molecule has 0 aromatic carbocycles. The van der Waals surface area contributed by atoms with Crippen LogP contribution in [0.4, 0.5) is 0 Å². The van der Waals surface area contributed by atoms with E-state index in [0.29, 0.717) is 5.88 Å². The van der Waals surface area contributed by atoms with Crippen molar-refractivity contribution in [3.8, 4) is 5.88 Å². The summed E-state index contributed by atoms with van der Waals surface area (Å²) in [5.41, 5.74) is 1.83. The zero-order valence-corrected chi connectivity index (χ0v) is 9.94. The Hall–Kier alpha value is -1.29. The van der Waals surface area contributed by atoms with Gasteiger partial charge in [0.05, 0.1) is 18.2 Å². The van der Waals surface area contributed by atoms with E-state index in [1.54, 1.807) is 19.4 Å². The highest BCUT2D eigenvalue weighted by atomic mass is 35.5. The van der Waals surface area contributed by atoms with E-state index in [9.17, 15) is 0 Å². The van der Waals surface area contributed by atoms with Gasteiger partial charge in [-0.15, -0.1) is 11.6 Å². The van der Waals surface area contributed by atoms with Crippen LogP contribution in [0.15, 0.2) is 23.5 Å². The first kappa shape index (κ1) is 11.2. The van der Waals surface area contributed by atoms with Crippen molar-refractivity contribution < 1.29 is 9.57 Å². The summed E-state index contributed by atoms with van der Waals surface area (Å²) in [5, 5.41) is 3.97. The monoisotopic (exact) mass is 240 g/mol. The summed E-state index contributed by atoms with van der Waals surface area (Å²) in [6.45, 7) is 1.90. The Labute approximate surface area is 99.2 Å². The lowest BCUT2D eigenvalue weighted by Gasteiger charge is -2.08. The quantitative estimate of drug-likeness (QED) is 0.761. The van der Waals surface area contributed by atoms with E-state index in [-0.39, 0.29) is 11.5 Å². The molecule has 2 heterocycles. The summed E-state index contributed by atoms with van der Waals surface area (Å²) >= 11 is 5.95. The highest BCUT2D eigenvalue weighted by Crippen LogP contribution is 2.21. The van der Waals surface area contributed by atoms with E-state index >= 15 is 0 Å². The molecule has 0 N–H and O–H groups in total. The Balaban J connectivity index is 2.08. The predicted molar refractivity (Wildman–Crippen MR) is 62.1 cm³/mol. The van der Waals surface area contributed by atoms with Crippen molar-refractivity contribution in [1.82, 2.24) is 4.98 Å². The van der Waals surface area contributed by atoms with Crippen molar-refractivity contribution in [2.45, 2.75) is 24.8 Å². The molecule has 0 saturated heterocycles. The molecule has 4 nitrogen and oxygen atoms in total. The van der Waals surface area contributed by atoms with Gasteiger partial charge in [-0.05, 0) is 13.0 Å². The number of aromatic nitrogens is 1. The lowest BCUT2D eigenvalue weighted by molar-refractivity contribution is 0.0855. The standard InChI is InChI=1S/C11H13ClN2O2/c1-7(12)10-5-9(14-16-10)8-3-4-11(15-2)13-6-8/h3-4,6-7,10H,5H2,1-2H3. The number of oxime groups is 1. The predicted octanol–water partition coefficient (Wildman–Crippen LogP) is 2.21.